The highest BCUT2D eigenvalue weighted by Gasteiger charge is 2.22. The van der Waals surface area contributed by atoms with Gasteiger partial charge in [-0.3, -0.25) is 0 Å². The molecule has 26 aromatic rings. The summed E-state index contributed by atoms with van der Waals surface area (Å²) in [6.07, 6.45) is 0. The normalized spacial score (nSPS) is 11.4. The van der Waals surface area contributed by atoms with Gasteiger partial charge in [-0.25, -0.2) is 19.9 Å². The minimum absolute atomic E-state index is 0.216. The van der Waals surface area contributed by atoms with Crippen molar-refractivity contribution in [1.82, 2.24) is 38.2 Å². The molecule has 0 fully saturated rings. The average molecular weight is 1810 g/mol. The highest BCUT2D eigenvalue weighted by molar-refractivity contribution is 6.58. The van der Waals surface area contributed by atoms with Crippen LogP contribution < -0.4 is 5.46 Å². The SMILES string of the molecule is Clc1nc(-c2ccc(-c3cccc(-n4c5ccccc5c5ccccc54)c3)cc2)cc(-c2ccc(-c3cccc(-n4c5ccccc5c5ccccc54)c3)cc2)n1.OB(O)c1cccc(-c2ccccc2)c1.c1ccc(-c2cccc(-c3nc(-c4ccc(-c5cccc(-n6c7ccccc7c7ccccc76)c5)cc4)cc(-c4ccc(-c5cccc(-n6c7ccccc7c7ccccc76)c5)cc4)n3)c2)cc1. The molecule has 6 aromatic heterocycles. The van der Waals surface area contributed by atoms with Crippen LogP contribution in [0.3, 0.4) is 0 Å². The average Bonchev–Trinajstić information content (AvgIpc) is 1.61. The van der Waals surface area contributed by atoms with E-state index in [2.05, 4.69) is 471 Å². The van der Waals surface area contributed by atoms with Gasteiger partial charge in [0, 0.05) is 93.7 Å². The van der Waals surface area contributed by atoms with Gasteiger partial charge < -0.3 is 28.3 Å². The third-order valence-electron chi connectivity index (χ3n) is 26.7. The first kappa shape index (κ1) is 85.0. The van der Waals surface area contributed by atoms with Crippen molar-refractivity contribution in [3.63, 3.8) is 0 Å². The predicted molar refractivity (Wildman–Crippen MR) is 582 cm³/mol. The van der Waals surface area contributed by atoms with Crippen LogP contribution >= 0.6 is 11.6 Å². The number of para-hydroxylation sites is 8. The van der Waals surface area contributed by atoms with Gasteiger partial charge in [0.1, 0.15) is 0 Å². The van der Waals surface area contributed by atoms with E-state index >= 15 is 0 Å². The molecular weight excluding hydrogens is 1730 g/mol. The lowest BCUT2D eigenvalue weighted by atomic mass is 9.79. The molecule has 26 rings (SSSR count). The fourth-order valence-corrected chi connectivity index (χ4v) is 20.2. The van der Waals surface area contributed by atoms with E-state index in [1.807, 2.05) is 54.6 Å². The molecule has 0 spiro atoms. The summed E-state index contributed by atoms with van der Waals surface area (Å²) in [5, 5.41) is 28.3. The maximum atomic E-state index is 9.05. The number of benzene rings is 20. The lowest BCUT2D eigenvalue weighted by Gasteiger charge is -2.13. The van der Waals surface area contributed by atoms with Gasteiger partial charge in [-0.05, 0) is 199 Å². The standard InChI is InChI=1S/C64H42N4.C52H33ClN4.C12H11BO2/c1-2-15-43(16-3-1)48-17-12-20-51(39-48)64-65-58(46-35-31-44(32-36-46)49-18-13-21-52(40-49)67-60-27-8-4-23-54(60)55-24-5-9-28-61(55)67)42-59(66-64)47-37-33-45(34-38-47)50-19-14-22-53(41-50)68-62-29-10-6-25-56(62)57-26-7-11-30-63(57)68;53-52-54-46(36-27-23-34(24-28-36)38-11-9-13-40(31-38)56-48-19-5-1-15-42(48)43-16-2-6-20-49(43)56)33-47(55-52)37-29-25-35(26-30-37)39-12-10-14-41(32-39)57-50-21-7-3-17-44(50)45-18-4-8-22-51(45)57;14-13(15)12-8-4-7-11(9-12)10-5-2-1-3-6-10/h1-42H;1-33H;1-9,14-15H. The van der Waals surface area contributed by atoms with Crippen molar-refractivity contribution >= 4 is 111 Å². The first-order valence-electron chi connectivity index (χ1n) is 47.0. The molecule has 0 unspecified atom stereocenters. The van der Waals surface area contributed by atoms with Crippen LogP contribution in [0.4, 0.5) is 0 Å². The Kier molecular flexibility index (Phi) is 22.5. The van der Waals surface area contributed by atoms with E-state index in [9.17, 15) is 0 Å². The minimum atomic E-state index is -1.41. The Morgan fingerprint density at radius 1 is 0.164 bits per heavy atom. The van der Waals surface area contributed by atoms with E-state index in [1.54, 1.807) is 12.1 Å². The molecule has 12 heteroatoms. The van der Waals surface area contributed by atoms with Gasteiger partial charge >= 0.3 is 7.12 Å². The van der Waals surface area contributed by atoms with Gasteiger partial charge in [-0.1, -0.05) is 394 Å². The van der Waals surface area contributed by atoms with Crippen LogP contribution in [-0.2, 0) is 0 Å². The van der Waals surface area contributed by atoms with E-state index in [-0.39, 0.29) is 5.28 Å². The van der Waals surface area contributed by atoms with Crippen molar-refractivity contribution in [2.24, 2.45) is 0 Å². The van der Waals surface area contributed by atoms with Crippen molar-refractivity contribution in [1.29, 1.82) is 0 Å². The summed E-state index contributed by atoms with van der Waals surface area (Å²) in [6, 6.07) is 179. The molecule has 6 heterocycles. The highest BCUT2D eigenvalue weighted by atomic mass is 35.5. The quantitative estimate of drug-likeness (QED) is 0.0736. The molecule has 0 radical (unpaired) electrons. The second-order valence-electron chi connectivity index (χ2n) is 35.2. The summed E-state index contributed by atoms with van der Waals surface area (Å²) in [7, 11) is -1.41. The van der Waals surface area contributed by atoms with Gasteiger partial charge in [-0.15, -0.1) is 0 Å². The maximum Gasteiger partial charge on any atom is 0.488 e. The number of rotatable bonds is 16. The summed E-state index contributed by atoms with van der Waals surface area (Å²) in [6.45, 7) is 0. The second kappa shape index (κ2) is 37.0. The van der Waals surface area contributed by atoms with E-state index in [0.29, 0.717) is 11.3 Å². The van der Waals surface area contributed by atoms with Crippen molar-refractivity contribution < 1.29 is 10.0 Å². The summed E-state index contributed by atoms with van der Waals surface area (Å²) in [5.41, 5.74) is 36.3. The van der Waals surface area contributed by atoms with Gasteiger partial charge in [-0.2, -0.15) is 0 Å². The Bertz CT molecular complexity index is 8520. The molecule has 0 amide bonds. The molecule has 0 aliphatic carbocycles. The Hall–Kier alpha value is -18.0. The van der Waals surface area contributed by atoms with E-state index in [0.717, 1.165) is 140 Å². The molecule has 0 bridgehead atoms. The summed E-state index contributed by atoms with van der Waals surface area (Å²) < 4.78 is 9.44. The number of aromatic nitrogens is 8. The number of halogens is 1. The molecule has 20 aromatic carbocycles. The fraction of sp³-hybridized carbons (Fsp3) is 0. The van der Waals surface area contributed by atoms with Crippen LogP contribution in [0.2, 0.25) is 5.28 Å². The third-order valence-corrected chi connectivity index (χ3v) is 26.9. The van der Waals surface area contributed by atoms with E-state index in [1.165, 1.54) is 87.2 Å². The van der Waals surface area contributed by atoms with Gasteiger partial charge in [0.05, 0.1) is 66.9 Å². The van der Waals surface area contributed by atoms with Crippen LogP contribution in [0.15, 0.2) is 510 Å². The van der Waals surface area contributed by atoms with Crippen LogP contribution in [0.25, 0.3) is 233 Å². The van der Waals surface area contributed by atoms with Crippen LogP contribution in [0, 0.1) is 0 Å². The van der Waals surface area contributed by atoms with Gasteiger partial charge in [0.15, 0.2) is 5.82 Å². The summed E-state index contributed by atoms with van der Waals surface area (Å²) in [4.78, 5) is 19.8. The van der Waals surface area contributed by atoms with Crippen LogP contribution in [0.1, 0.15) is 0 Å². The summed E-state index contributed by atoms with van der Waals surface area (Å²) in [5.74, 6) is 0.682. The molecule has 0 aliphatic rings. The Labute approximate surface area is 814 Å². The van der Waals surface area contributed by atoms with Crippen LogP contribution in [-0.4, -0.2) is 55.4 Å². The number of nitrogens with zero attached hydrogens (tertiary/aromatic N) is 8. The van der Waals surface area contributed by atoms with Crippen molar-refractivity contribution in [3.8, 4) is 146 Å². The van der Waals surface area contributed by atoms with E-state index in [4.69, 9.17) is 31.6 Å². The first-order chi connectivity index (χ1) is 69.1. The molecule has 2 N–H and O–H groups in total. The van der Waals surface area contributed by atoms with Gasteiger partial charge in [0.25, 0.3) is 0 Å². The van der Waals surface area contributed by atoms with Crippen molar-refractivity contribution in [2.45, 2.75) is 0 Å². The Morgan fingerprint density at radius 3 is 0.636 bits per heavy atom. The summed E-state index contributed by atoms with van der Waals surface area (Å²) >= 11 is 6.58. The highest BCUT2D eigenvalue weighted by Crippen LogP contribution is 2.42. The number of fused-ring (bicyclic) bond motifs is 12. The topological polar surface area (TPSA) is 112 Å². The third kappa shape index (κ3) is 16.4. The number of hydrogen-bond acceptors (Lipinski definition) is 6. The number of hydrogen-bond donors (Lipinski definition) is 2. The smallest absolute Gasteiger partial charge is 0.423 e. The van der Waals surface area contributed by atoms with Crippen molar-refractivity contribution in [2.75, 3.05) is 0 Å². The minimum Gasteiger partial charge on any atom is -0.423 e. The Balaban J connectivity index is 0.000000133. The van der Waals surface area contributed by atoms with Crippen LogP contribution in [0.5, 0.6) is 0 Å². The predicted octanol–water partition coefficient (Wildman–Crippen LogP) is 31.7. The molecule has 140 heavy (non-hydrogen) atoms. The molecule has 0 aliphatic heterocycles. The van der Waals surface area contributed by atoms with Gasteiger partial charge in [0.2, 0.25) is 5.28 Å². The zero-order valence-electron chi connectivity index (χ0n) is 75.9. The monoisotopic (exact) mass is 1810 g/mol. The maximum absolute atomic E-state index is 9.05. The molecule has 0 saturated heterocycles. The first-order valence-corrected chi connectivity index (χ1v) is 47.4. The fourth-order valence-electron chi connectivity index (χ4n) is 20.0. The largest absolute Gasteiger partial charge is 0.488 e. The lowest BCUT2D eigenvalue weighted by Crippen LogP contribution is -2.29. The molecule has 10 nitrogen and oxygen atoms in total. The molecule has 0 saturated carbocycles. The van der Waals surface area contributed by atoms with E-state index < -0.39 is 7.12 Å². The van der Waals surface area contributed by atoms with Crippen molar-refractivity contribution in [3.05, 3.63) is 515 Å². The molecular formula is C128H86BClN8O2. The molecule has 660 valence electrons. The zero-order valence-corrected chi connectivity index (χ0v) is 76.7. The Morgan fingerprint density at radius 2 is 0.364 bits per heavy atom. The molecule has 0 atom stereocenters. The zero-order chi connectivity index (χ0) is 93.5. The second-order valence-corrected chi connectivity index (χ2v) is 35.5. The lowest BCUT2D eigenvalue weighted by molar-refractivity contribution is 0.426.